The second-order valence-corrected chi connectivity index (χ2v) is 4.78. The molecular weight excluding hydrogens is 318 g/mol. The second-order valence-electron chi connectivity index (χ2n) is 4.78. The van der Waals surface area contributed by atoms with Crippen molar-refractivity contribution in [1.82, 2.24) is 24.7 Å². The zero-order valence-corrected chi connectivity index (χ0v) is 12.5. The van der Waals surface area contributed by atoms with Crippen LogP contribution >= 0.6 is 0 Å². The predicted octanol–water partition coefficient (Wildman–Crippen LogP) is 2.27. The van der Waals surface area contributed by atoms with Crippen molar-refractivity contribution in [2.75, 3.05) is 11.9 Å². The van der Waals surface area contributed by atoms with Crippen molar-refractivity contribution in [2.45, 2.75) is 6.43 Å². The zero-order valence-electron chi connectivity index (χ0n) is 12.5. The smallest absolute Gasteiger partial charge is 0.281 e. The van der Waals surface area contributed by atoms with Crippen LogP contribution in [-0.4, -0.2) is 37.7 Å². The standard InChI is InChI=1S/C15H12F2N6O/c1-22(10-4-2-5-18-8-10)14(24)11-9-21-23(12(11)13(16)17)15-19-6-3-7-20-15/h2-9,13H,1H3. The minimum absolute atomic E-state index is 0.0316. The van der Waals surface area contributed by atoms with Crippen LogP contribution in [0.3, 0.4) is 0 Å². The molecule has 0 atom stereocenters. The lowest BCUT2D eigenvalue weighted by molar-refractivity contribution is 0.0976. The summed E-state index contributed by atoms with van der Waals surface area (Å²) in [4.78, 5) is 25.5. The first-order valence-corrected chi connectivity index (χ1v) is 6.91. The number of hydrogen-bond donors (Lipinski definition) is 0. The number of nitrogens with zero attached hydrogens (tertiary/aromatic N) is 6. The van der Waals surface area contributed by atoms with E-state index in [1.807, 2.05) is 0 Å². The fraction of sp³-hybridized carbons (Fsp3) is 0.133. The van der Waals surface area contributed by atoms with Gasteiger partial charge in [-0.2, -0.15) is 9.78 Å². The van der Waals surface area contributed by atoms with Crippen LogP contribution in [0, 0.1) is 0 Å². The molecule has 24 heavy (non-hydrogen) atoms. The van der Waals surface area contributed by atoms with Crippen LogP contribution < -0.4 is 4.90 Å². The second kappa shape index (κ2) is 6.49. The van der Waals surface area contributed by atoms with Crippen molar-refractivity contribution in [3.8, 4) is 5.95 Å². The monoisotopic (exact) mass is 330 g/mol. The summed E-state index contributed by atoms with van der Waals surface area (Å²) in [6, 6.07) is 4.85. The molecule has 3 aromatic heterocycles. The van der Waals surface area contributed by atoms with E-state index in [1.54, 1.807) is 24.4 Å². The highest BCUT2D eigenvalue weighted by Gasteiger charge is 2.28. The zero-order chi connectivity index (χ0) is 17.1. The van der Waals surface area contributed by atoms with Crippen molar-refractivity contribution in [3.63, 3.8) is 0 Å². The molecule has 122 valence electrons. The van der Waals surface area contributed by atoms with Crippen LogP contribution in [0.2, 0.25) is 0 Å². The maximum Gasteiger partial charge on any atom is 0.281 e. The predicted molar refractivity (Wildman–Crippen MR) is 81.1 cm³/mol. The van der Waals surface area contributed by atoms with Crippen LogP contribution in [0.25, 0.3) is 5.95 Å². The van der Waals surface area contributed by atoms with Gasteiger partial charge in [-0.15, -0.1) is 0 Å². The molecule has 0 fully saturated rings. The first kappa shape index (κ1) is 15.7. The molecule has 0 saturated carbocycles. The summed E-state index contributed by atoms with van der Waals surface area (Å²) in [5.41, 5.74) is -0.294. The van der Waals surface area contributed by atoms with Crippen LogP contribution in [0.5, 0.6) is 0 Å². The largest absolute Gasteiger partial charge is 0.310 e. The number of carbonyl (C=O) groups is 1. The molecule has 0 aliphatic rings. The van der Waals surface area contributed by atoms with Gasteiger partial charge < -0.3 is 4.90 Å². The minimum Gasteiger partial charge on any atom is -0.310 e. The highest BCUT2D eigenvalue weighted by atomic mass is 19.3. The van der Waals surface area contributed by atoms with E-state index in [1.165, 1.54) is 30.5 Å². The molecule has 3 aromatic rings. The summed E-state index contributed by atoms with van der Waals surface area (Å²) in [7, 11) is 1.48. The molecule has 0 N–H and O–H groups in total. The number of alkyl halides is 2. The van der Waals surface area contributed by atoms with Crippen LogP contribution in [0.1, 0.15) is 22.5 Å². The van der Waals surface area contributed by atoms with Gasteiger partial charge in [0, 0.05) is 25.6 Å². The topological polar surface area (TPSA) is 76.8 Å². The third-order valence-electron chi connectivity index (χ3n) is 3.32. The number of halogens is 2. The van der Waals surface area contributed by atoms with Gasteiger partial charge in [0.05, 0.1) is 23.6 Å². The van der Waals surface area contributed by atoms with Crippen molar-refractivity contribution in [1.29, 1.82) is 0 Å². The van der Waals surface area contributed by atoms with Crippen molar-refractivity contribution < 1.29 is 13.6 Å². The lowest BCUT2D eigenvalue weighted by Gasteiger charge is -2.17. The van der Waals surface area contributed by atoms with E-state index in [9.17, 15) is 13.6 Å². The Balaban J connectivity index is 2.02. The van der Waals surface area contributed by atoms with E-state index in [0.717, 1.165) is 10.9 Å². The molecule has 7 nitrogen and oxygen atoms in total. The number of rotatable bonds is 4. The van der Waals surface area contributed by atoms with Crippen LogP contribution in [-0.2, 0) is 0 Å². The van der Waals surface area contributed by atoms with Crippen molar-refractivity contribution >= 4 is 11.6 Å². The van der Waals surface area contributed by atoms with E-state index in [2.05, 4.69) is 20.1 Å². The molecule has 0 saturated heterocycles. The van der Waals surface area contributed by atoms with Gasteiger partial charge in [0.25, 0.3) is 18.3 Å². The van der Waals surface area contributed by atoms with Crippen molar-refractivity contribution in [3.05, 3.63) is 60.4 Å². The van der Waals surface area contributed by atoms with Gasteiger partial charge in [-0.25, -0.2) is 18.7 Å². The molecule has 1 amide bonds. The molecule has 0 aliphatic carbocycles. The van der Waals surface area contributed by atoms with E-state index in [0.29, 0.717) is 5.69 Å². The summed E-state index contributed by atoms with van der Waals surface area (Å²) in [6.45, 7) is 0. The van der Waals surface area contributed by atoms with Gasteiger partial charge in [0.2, 0.25) is 0 Å². The van der Waals surface area contributed by atoms with Gasteiger partial charge >= 0.3 is 0 Å². The SMILES string of the molecule is CN(C(=O)c1cnn(-c2ncccn2)c1C(F)F)c1cccnc1. The number of carbonyl (C=O) groups excluding carboxylic acids is 1. The van der Waals surface area contributed by atoms with Gasteiger partial charge in [0.15, 0.2) is 0 Å². The summed E-state index contributed by atoms with van der Waals surface area (Å²) >= 11 is 0. The van der Waals surface area contributed by atoms with Gasteiger partial charge in [-0.1, -0.05) is 0 Å². The first-order valence-electron chi connectivity index (χ1n) is 6.91. The summed E-state index contributed by atoms with van der Waals surface area (Å²) in [5.74, 6) is -0.656. The number of hydrogen-bond acceptors (Lipinski definition) is 5. The Morgan fingerprint density at radius 2 is 1.92 bits per heavy atom. The maximum absolute atomic E-state index is 13.5. The highest BCUT2D eigenvalue weighted by molar-refractivity contribution is 6.06. The Hall–Kier alpha value is -3.23. The van der Waals surface area contributed by atoms with E-state index in [4.69, 9.17) is 0 Å². The maximum atomic E-state index is 13.5. The molecule has 0 aliphatic heterocycles. The van der Waals surface area contributed by atoms with Crippen LogP contribution in [0.15, 0.2) is 49.2 Å². The lowest BCUT2D eigenvalue weighted by atomic mass is 10.2. The quantitative estimate of drug-likeness (QED) is 0.733. The Labute approximate surface area is 135 Å². The number of aromatic nitrogens is 5. The molecule has 3 rings (SSSR count). The number of pyridine rings is 1. The molecule has 0 unspecified atom stereocenters. The number of amides is 1. The van der Waals surface area contributed by atoms with E-state index in [-0.39, 0.29) is 11.5 Å². The fourth-order valence-electron chi connectivity index (χ4n) is 2.14. The van der Waals surface area contributed by atoms with Gasteiger partial charge in [-0.05, 0) is 18.2 Å². The lowest BCUT2D eigenvalue weighted by Crippen LogP contribution is -2.27. The Morgan fingerprint density at radius 3 is 2.54 bits per heavy atom. The van der Waals surface area contributed by atoms with Gasteiger partial charge in [-0.3, -0.25) is 9.78 Å². The molecular formula is C15H12F2N6O. The molecule has 3 heterocycles. The molecule has 0 spiro atoms. The normalized spacial score (nSPS) is 10.8. The Morgan fingerprint density at radius 1 is 1.17 bits per heavy atom. The Kier molecular flexibility index (Phi) is 4.23. The van der Waals surface area contributed by atoms with Crippen molar-refractivity contribution in [2.24, 2.45) is 0 Å². The van der Waals surface area contributed by atoms with Crippen LogP contribution in [0.4, 0.5) is 14.5 Å². The third kappa shape index (κ3) is 2.83. The number of anilines is 1. The van der Waals surface area contributed by atoms with E-state index < -0.39 is 18.0 Å². The van der Waals surface area contributed by atoms with Gasteiger partial charge in [0.1, 0.15) is 5.69 Å². The average molecular weight is 330 g/mol. The summed E-state index contributed by atoms with van der Waals surface area (Å²) < 4.78 is 27.9. The summed E-state index contributed by atoms with van der Waals surface area (Å²) in [5, 5.41) is 3.85. The molecule has 9 heteroatoms. The molecule has 0 aromatic carbocycles. The first-order chi connectivity index (χ1) is 11.6. The summed E-state index contributed by atoms with van der Waals surface area (Å²) in [6.07, 6.45) is 4.00. The third-order valence-corrected chi connectivity index (χ3v) is 3.32. The highest BCUT2D eigenvalue weighted by Crippen LogP contribution is 2.26. The molecule has 0 radical (unpaired) electrons. The fourth-order valence-corrected chi connectivity index (χ4v) is 2.14. The minimum atomic E-state index is -2.92. The molecule has 0 bridgehead atoms. The Bertz CT molecular complexity index is 838. The van der Waals surface area contributed by atoms with E-state index >= 15 is 0 Å². The average Bonchev–Trinajstić information content (AvgIpc) is 3.07.